The minimum atomic E-state index is -0.864. The maximum Gasteiger partial charge on any atom is 0.321 e. The van der Waals surface area contributed by atoms with Gasteiger partial charge in [0, 0.05) is 17.4 Å². The number of hydrogen-bond acceptors (Lipinski definition) is 5. The van der Waals surface area contributed by atoms with E-state index in [-0.39, 0.29) is 17.8 Å². The zero-order chi connectivity index (χ0) is 17.8. The number of methoxy groups -OCH3 is 1. The molecular weight excluding hydrogens is 345 g/mol. The van der Waals surface area contributed by atoms with Gasteiger partial charge < -0.3 is 14.6 Å². The van der Waals surface area contributed by atoms with Crippen molar-refractivity contribution in [3.8, 4) is 11.5 Å². The van der Waals surface area contributed by atoms with Crippen LogP contribution in [0.4, 0.5) is 4.39 Å². The second-order valence-corrected chi connectivity index (χ2v) is 6.73. The molecule has 5 nitrogen and oxygen atoms in total. The van der Waals surface area contributed by atoms with Crippen molar-refractivity contribution in [2.75, 3.05) is 12.9 Å². The van der Waals surface area contributed by atoms with E-state index < -0.39 is 12.0 Å². The second-order valence-electron chi connectivity index (χ2n) is 5.59. The molecule has 0 aromatic heterocycles. The van der Waals surface area contributed by atoms with E-state index in [0.717, 1.165) is 11.1 Å². The summed E-state index contributed by atoms with van der Waals surface area (Å²) in [5.41, 5.74) is 1.70. The summed E-state index contributed by atoms with van der Waals surface area (Å²) in [5, 5.41) is 12.1. The van der Waals surface area contributed by atoms with Gasteiger partial charge in [-0.1, -0.05) is 12.1 Å². The van der Waals surface area contributed by atoms with Gasteiger partial charge in [0.2, 0.25) is 0 Å². The topological polar surface area (TPSA) is 67.8 Å². The van der Waals surface area contributed by atoms with Crippen molar-refractivity contribution < 1.29 is 23.8 Å². The molecule has 132 valence electrons. The molecule has 2 atom stereocenters. The lowest BCUT2D eigenvalue weighted by Crippen LogP contribution is -2.33. The van der Waals surface area contributed by atoms with Crippen molar-refractivity contribution in [1.29, 1.82) is 0 Å². The Bertz CT molecular complexity index is 753. The van der Waals surface area contributed by atoms with E-state index in [4.69, 9.17) is 14.6 Å². The van der Waals surface area contributed by atoms with Gasteiger partial charge in [0.25, 0.3) is 0 Å². The maximum atomic E-state index is 13.0. The number of hydrogen-bond donors (Lipinski definition) is 2. The lowest BCUT2D eigenvalue weighted by molar-refractivity contribution is -0.138. The molecule has 0 amide bonds. The molecule has 0 aliphatic carbocycles. The molecule has 3 rings (SSSR count). The van der Waals surface area contributed by atoms with Gasteiger partial charge >= 0.3 is 5.97 Å². The monoisotopic (exact) mass is 363 g/mol. The predicted octanol–water partition coefficient (Wildman–Crippen LogP) is 3.20. The number of rotatable bonds is 6. The van der Waals surface area contributed by atoms with Crippen molar-refractivity contribution >= 4 is 17.7 Å². The highest BCUT2D eigenvalue weighted by molar-refractivity contribution is 7.99. The predicted molar refractivity (Wildman–Crippen MR) is 93.5 cm³/mol. The Morgan fingerprint density at radius 1 is 1.32 bits per heavy atom. The van der Waals surface area contributed by atoms with E-state index in [1.807, 2.05) is 12.1 Å². The average Bonchev–Trinajstić information content (AvgIpc) is 3.11. The van der Waals surface area contributed by atoms with Gasteiger partial charge in [-0.25, -0.2) is 4.39 Å². The minimum Gasteiger partial charge on any atom is -0.497 e. The van der Waals surface area contributed by atoms with Gasteiger partial charge in [0.15, 0.2) is 0 Å². The summed E-state index contributed by atoms with van der Waals surface area (Å²) in [6.07, 6.45) is 0. The Morgan fingerprint density at radius 2 is 2.08 bits per heavy atom. The highest BCUT2D eigenvalue weighted by Crippen LogP contribution is 2.39. The Hall–Kier alpha value is -2.25. The van der Waals surface area contributed by atoms with E-state index in [9.17, 15) is 9.18 Å². The van der Waals surface area contributed by atoms with Crippen LogP contribution >= 0.6 is 11.8 Å². The average molecular weight is 363 g/mol. The first-order chi connectivity index (χ1) is 12.1. The number of ether oxygens (including phenoxy) is 2. The molecule has 1 fully saturated rings. The van der Waals surface area contributed by atoms with Gasteiger partial charge in [-0.3, -0.25) is 10.1 Å². The first kappa shape index (κ1) is 17.6. The quantitative estimate of drug-likeness (QED) is 0.822. The van der Waals surface area contributed by atoms with E-state index in [0.29, 0.717) is 17.3 Å². The molecule has 25 heavy (non-hydrogen) atoms. The van der Waals surface area contributed by atoms with E-state index in [1.54, 1.807) is 25.3 Å². The highest BCUT2D eigenvalue weighted by Gasteiger charge is 2.32. The molecule has 2 aromatic rings. The van der Waals surface area contributed by atoms with E-state index in [1.165, 1.54) is 23.9 Å². The van der Waals surface area contributed by atoms with Crippen molar-refractivity contribution in [3.63, 3.8) is 0 Å². The third-order valence-electron chi connectivity index (χ3n) is 3.89. The van der Waals surface area contributed by atoms with Crippen molar-refractivity contribution in [3.05, 3.63) is 59.4 Å². The molecule has 0 radical (unpaired) electrons. The summed E-state index contributed by atoms with van der Waals surface area (Å²) < 4.78 is 24.2. The highest BCUT2D eigenvalue weighted by atomic mass is 32.2. The number of carbonyl (C=O) groups is 1. The number of aliphatic carboxylic acids is 1. The molecule has 2 unspecified atom stereocenters. The van der Waals surface area contributed by atoms with Crippen molar-refractivity contribution in [2.24, 2.45) is 0 Å². The lowest BCUT2D eigenvalue weighted by Gasteiger charge is -2.18. The van der Waals surface area contributed by atoms with Crippen LogP contribution in [0.5, 0.6) is 11.5 Å². The molecule has 2 aromatic carbocycles. The van der Waals surface area contributed by atoms with Gasteiger partial charge in [-0.2, -0.15) is 0 Å². The fourth-order valence-corrected chi connectivity index (χ4v) is 3.78. The summed E-state index contributed by atoms with van der Waals surface area (Å²) in [6.45, 7) is 0.278. The van der Waals surface area contributed by atoms with Crippen LogP contribution in [-0.2, 0) is 11.4 Å². The van der Waals surface area contributed by atoms with Crippen LogP contribution in [0.2, 0.25) is 0 Å². The summed E-state index contributed by atoms with van der Waals surface area (Å²) in [7, 11) is 1.57. The van der Waals surface area contributed by atoms with Gasteiger partial charge in [0.1, 0.15) is 30.0 Å². The van der Waals surface area contributed by atoms with Crippen LogP contribution in [0.15, 0.2) is 42.5 Å². The third kappa shape index (κ3) is 4.24. The van der Waals surface area contributed by atoms with Crippen molar-refractivity contribution in [2.45, 2.75) is 18.0 Å². The van der Waals surface area contributed by atoms with Gasteiger partial charge in [-0.05, 0) is 29.8 Å². The molecule has 0 saturated carbocycles. The smallest absolute Gasteiger partial charge is 0.321 e. The normalized spacial score (nSPS) is 19.6. The first-order valence-electron chi connectivity index (χ1n) is 7.72. The zero-order valence-electron chi connectivity index (χ0n) is 13.6. The van der Waals surface area contributed by atoms with E-state index in [2.05, 4.69) is 5.32 Å². The molecule has 0 spiro atoms. The summed E-state index contributed by atoms with van der Waals surface area (Å²) in [4.78, 5) is 11.1. The fraction of sp³-hybridized carbons (Fsp3) is 0.278. The minimum absolute atomic E-state index is 0.171. The van der Waals surface area contributed by atoms with Crippen LogP contribution < -0.4 is 14.8 Å². The van der Waals surface area contributed by atoms with Crippen LogP contribution in [-0.4, -0.2) is 30.0 Å². The molecule has 1 aliphatic rings. The third-order valence-corrected chi connectivity index (χ3v) is 5.14. The molecule has 2 N–H and O–H groups in total. The molecule has 1 saturated heterocycles. The number of thioether (sulfide) groups is 1. The Kier molecular flexibility index (Phi) is 5.45. The number of benzene rings is 2. The number of carboxylic acid groups (broad SMARTS) is 1. The molecule has 0 bridgehead atoms. The molecular formula is C18H18FNO4S. The Balaban J connectivity index is 1.79. The SMILES string of the molecule is COc1ccc(C2NC(C(=O)O)CS2)c(OCc2ccc(F)cc2)c1. The lowest BCUT2D eigenvalue weighted by atomic mass is 10.1. The fourth-order valence-electron chi connectivity index (χ4n) is 2.52. The Morgan fingerprint density at radius 3 is 2.72 bits per heavy atom. The molecule has 1 aliphatic heterocycles. The second kappa shape index (κ2) is 7.76. The van der Waals surface area contributed by atoms with Crippen LogP contribution in [0, 0.1) is 5.82 Å². The summed E-state index contributed by atoms with van der Waals surface area (Å²) >= 11 is 1.52. The van der Waals surface area contributed by atoms with Crippen LogP contribution in [0.1, 0.15) is 16.5 Å². The summed E-state index contributed by atoms with van der Waals surface area (Å²) in [5.74, 6) is 0.591. The van der Waals surface area contributed by atoms with Crippen molar-refractivity contribution in [1.82, 2.24) is 5.32 Å². The number of carboxylic acids is 1. The molecule has 1 heterocycles. The number of halogens is 1. The zero-order valence-corrected chi connectivity index (χ0v) is 14.4. The Labute approximate surface area is 149 Å². The summed E-state index contributed by atoms with van der Waals surface area (Å²) in [6, 6.07) is 11.0. The molecule has 7 heteroatoms. The van der Waals surface area contributed by atoms with Gasteiger partial charge in [-0.15, -0.1) is 11.8 Å². The van der Waals surface area contributed by atoms with Crippen LogP contribution in [0.25, 0.3) is 0 Å². The standard InChI is InChI=1S/C18H18FNO4S/c1-23-13-6-7-14(17-20-15(10-25-17)18(21)22)16(8-13)24-9-11-2-4-12(19)5-3-11/h2-8,15,17,20H,9-10H2,1H3,(H,21,22). The first-order valence-corrected chi connectivity index (χ1v) is 8.77. The largest absolute Gasteiger partial charge is 0.497 e. The number of nitrogens with one attached hydrogen (secondary N) is 1. The van der Waals surface area contributed by atoms with E-state index >= 15 is 0 Å². The van der Waals surface area contributed by atoms with Gasteiger partial charge in [0.05, 0.1) is 12.5 Å². The maximum absolute atomic E-state index is 13.0. The van der Waals surface area contributed by atoms with Crippen LogP contribution in [0.3, 0.4) is 0 Å².